The third-order valence-electron chi connectivity index (χ3n) is 9.44. The zero-order valence-corrected chi connectivity index (χ0v) is 27.3. The molecule has 4 fully saturated rings. The van der Waals surface area contributed by atoms with Crippen LogP contribution in [0.2, 0.25) is 0 Å². The lowest BCUT2D eigenvalue weighted by Gasteiger charge is -2.47. The summed E-state index contributed by atoms with van der Waals surface area (Å²) in [4.78, 5) is 0. The minimum absolute atomic E-state index is 0.0839. The molecular formula is C28H57N7O14. The molecule has 3 saturated heterocycles. The Bertz CT molecular complexity index is 983. The number of ether oxygens (including phenoxy) is 7. The SMILES string of the molecule is NCCCNCCO[C@H]1[C@H](O[C@@H]2[C@@H](O)[C@H](N)C[C@H](N)[C@H]2O[C@H]2O[C@H](CO)[C@@H](O)[C@H](O)[C@H]2N)O[C@H](CO)[C@H]1O[C@H]1O[C@@H](CN)[C@@H](O)[C@H](O)[C@H]1N. The topological polar surface area (TPSA) is 374 Å². The summed E-state index contributed by atoms with van der Waals surface area (Å²) in [7, 11) is 0. The molecule has 0 unspecified atom stereocenters. The molecule has 1 saturated carbocycles. The van der Waals surface area contributed by atoms with Crippen LogP contribution in [0, 0.1) is 0 Å². The van der Waals surface area contributed by atoms with Crippen LogP contribution in [0.1, 0.15) is 12.8 Å². The van der Waals surface area contributed by atoms with Gasteiger partial charge in [-0.3, -0.25) is 0 Å². The van der Waals surface area contributed by atoms with Gasteiger partial charge >= 0.3 is 0 Å². The highest BCUT2D eigenvalue weighted by Gasteiger charge is 2.55. The van der Waals surface area contributed by atoms with Gasteiger partial charge in [-0.15, -0.1) is 0 Å². The fraction of sp³-hybridized carbons (Fsp3) is 1.00. The van der Waals surface area contributed by atoms with Gasteiger partial charge in [0.15, 0.2) is 18.9 Å². The van der Waals surface area contributed by atoms with Crippen LogP contribution in [0.15, 0.2) is 0 Å². The molecule has 19 atom stereocenters. The molecule has 49 heavy (non-hydrogen) atoms. The fourth-order valence-electron chi connectivity index (χ4n) is 6.47. The van der Waals surface area contributed by atoms with E-state index in [1.807, 2.05) is 0 Å². The van der Waals surface area contributed by atoms with Gasteiger partial charge < -0.3 is 109 Å². The molecule has 4 aliphatic rings. The first-order chi connectivity index (χ1) is 23.4. The third kappa shape index (κ3) is 9.40. The predicted molar refractivity (Wildman–Crippen MR) is 167 cm³/mol. The lowest BCUT2D eigenvalue weighted by atomic mass is 9.84. The summed E-state index contributed by atoms with van der Waals surface area (Å²) in [6, 6.07) is -4.23. The van der Waals surface area contributed by atoms with Crippen molar-refractivity contribution < 1.29 is 68.9 Å². The van der Waals surface area contributed by atoms with E-state index in [2.05, 4.69) is 5.32 Å². The first-order valence-electron chi connectivity index (χ1n) is 16.7. The van der Waals surface area contributed by atoms with E-state index in [1.165, 1.54) is 0 Å². The normalized spacial score (nSPS) is 47.8. The van der Waals surface area contributed by atoms with Crippen molar-refractivity contribution in [3.8, 4) is 0 Å². The summed E-state index contributed by atoms with van der Waals surface area (Å²) in [5.74, 6) is 0. The van der Waals surface area contributed by atoms with Crippen molar-refractivity contribution in [1.82, 2.24) is 5.32 Å². The van der Waals surface area contributed by atoms with Gasteiger partial charge in [-0.25, -0.2) is 0 Å². The molecular weight excluding hydrogens is 658 g/mol. The molecule has 0 radical (unpaired) electrons. The van der Waals surface area contributed by atoms with Crippen LogP contribution in [0.5, 0.6) is 0 Å². The monoisotopic (exact) mass is 715 g/mol. The largest absolute Gasteiger partial charge is 0.394 e. The highest BCUT2D eigenvalue weighted by Crippen LogP contribution is 2.35. The van der Waals surface area contributed by atoms with Gasteiger partial charge in [0.1, 0.15) is 67.1 Å². The average molecular weight is 716 g/mol. The van der Waals surface area contributed by atoms with E-state index in [-0.39, 0.29) is 19.6 Å². The van der Waals surface area contributed by atoms with Gasteiger partial charge in [0.25, 0.3) is 0 Å². The van der Waals surface area contributed by atoms with Gasteiger partial charge in [-0.1, -0.05) is 0 Å². The standard InChI is InChI=1S/C28H57N7O14/c29-2-1-3-35-4-5-43-25-23(48-26-15(33)20(41)18(39)12(7-30)44-26)14(9-37)46-28(25)49-24-17(38)10(31)6-11(32)22(24)47-27-16(34)21(42)19(40)13(8-36)45-27/h10-28,35-42H,1-9,29-34H2/t10-,11+,12+,13-,14-,15-,16-,17+,18-,19-,20-,21-,22-,23-,24-,25-,26-,27-,28+/m1/s1. The highest BCUT2D eigenvalue weighted by atomic mass is 16.8. The predicted octanol–water partition coefficient (Wildman–Crippen LogP) is -8.90. The molecule has 0 aromatic rings. The van der Waals surface area contributed by atoms with Crippen LogP contribution >= 0.6 is 0 Å². The van der Waals surface area contributed by atoms with Crippen molar-refractivity contribution >= 4 is 0 Å². The molecule has 0 aromatic heterocycles. The molecule has 288 valence electrons. The molecule has 21 heteroatoms. The van der Waals surface area contributed by atoms with E-state index >= 15 is 0 Å². The minimum atomic E-state index is -1.52. The Morgan fingerprint density at radius 2 is 1.14 bits per heavy atom. The molecule has 4 rings (SSSR count). The number of hydrogen-bond acceptors (Lipinski definition) is 21. The second-order valence-corrected chi connectivity index (χ2v) is 12.9. The lowest BCUT2D eigenvalue weighted by molar-refractivity contribution is -0.311. The van der Waals surface area contributed by atoms with Gasteiger partial charge in [-0.2, -0.15) is 0 Å². The second-order valence-electron chi connectivity index (χ2n) is 12.9. The summed E-state index contributed by atoms with van der Waals surface area (Å²) < 4.78 is 42.2. The number of aliphatic hydroxyl groups excluding tert-OH is 7. The Labute approximate surface area is 284 Å². The van der Waals surface area contributed by atoms with Crippen LogP contribution in [-0.4, -0.2) is 198 Å². The van der Waals surface area contributed by atoms with Crippen molar-refractivity contribution in [2.45, 2.75) is 129 Å². The van der Waals surface area contributed by atoms with E-state index in [0.29, 0.717) is 19.6 Å². The van der Waals surface area contributed by atoms with Gasteiger partial charge in [0.2, 0.25) is 0 Å². The van der Waals surface area contributed by atoms with Gasteiger partial charge in [-0.05, 0) is 25.9 Å². The van der Waals surface area contributed by atoms with Crippen molar-refractivity contribution in [2.75, 3.05) is 46.0 Å². The first kappa shape index (κ1) is 40.9. The highest BCUT2D eigenvalue weighted by molar-refractivity contribution is 5.02. The maximum Gasteiger partial charge on any atom is 0.187 e. The molecule has 20 N–H and O–H groups in total. The Balaban J connectivity index is 1.57. The molecule has 3 heterocycles. The van der Waals surface area contributed by atoms with Gasteiger partial charge in [0, 0.05) is 25.2 Å². The Hall–Kier alpha value is -0.840. The summed E-state index contributed by atoms with van der Waals surface area (Å²) >= 11 is 0. The second kappa shape index (κ2) is 18.8. The Kier molecular flexibility index (Phi) is 15.7. The van der Waals surface area contributed by atoms with Crippen molar-refractivity contribution in [3.05, 3.63) is 0 Å². The van der Waals surface area contributed by atoms with Crippen LogP contribution < -0.4 is 39.7 Å². The van der Waals surface area contributed by atoms with Crippen LogP contribution in [0.3, 0.4) is 0 Å². The third-order valence-corrected chi connectivity index (χ3v) is 9.44. The molecule has 0 spiro atoms. The van der Waals surface area contributed by atoms with E-state index < -0.39 is 129 Å². The van der Waals surface area contributed by atoms with Crippen LogP contribution in [-0.2, 0) is 33.2 Å². The zero-order chi connectivity index (χ0) is 36.0. The summed E-state index contributed by atoms with van der Waals surface area (Å²) in [6.07, 6.45) is -18.5. The number of rotatable bonds is 16. The summed E-state index contributed by atoms with van der Waals surface area (Å²) in [6.45, 7) is 0.208. The molecule has 0 aromatic carbocycles. The summed E-state index contributed by atoms with van der Waals surface area (Å²) in [5, 5.41) is 76.0. The van der Waals surface area contributed by atoms with Crippen LogP contribution in [0.4, 0.5) is 0 Å². The zero-order valence-electron chi connectivity index (χ0n) is 27.3. The van der Waals surface area contributed by atoms with E-state index in [4.69, 9.17) is 67.6 Å². The average Bonchev–Trinajstić information content (AvgIpc) is 3.41. The Morgan fingerprint density at radius 1 is 0.592 bits per heavy atom. The smallest absolute Gasteiger partial charge is 0.187 e. The molecule has 0 amide bonds. The van der Waals surface area contributed by atoms with Gasteiger partial charge in [0.05, 0.1) is 38.0 Å². The molecule has 0 bridgehead atoms. The number of aliphatic hydroxyl groups is 7. The quantitative estimate of drug-likeness (QED) is 0.0659. The van der Waals surface area contributed by atoms with E-state index in [9.17, 15) is 35.7 Å². The molecule has 21 nitrogen and oxygen atoms in total. The first-order valence-corrected chi connectivity index (χ1v) is 16.7. The van der Waals surface area contributed by atoms with Crippen molar-refractivity contribution in [2.24, 2.45) is 34.4 Å². The minimum Gasteiger partial charge on any atom is -0.394 e. The maximum atomic E-state index is 11.3. The number of nitrogens with one attached hydrogen (secondary N) is 1. The summed E-state index contributed by atoms with van der Waals surface area (Å²) in [5.41, 5.74) is 36.2. The van der Waals surface area contributed by atoms with Crippen molar-refractivity contribution in [3.63, 3.8) is 0 Å². The number of nitrogens with two attached hydrogens (primary N) is 6. The van der Waals surface area contributed by atoms with E-state index in [1.54, 1.807) is 0 Å². The number of hydrogen-bond donors (Lipinski definition) is 14. The Morgan fingerprint density at radius 3 is 1.73 bits per heavy atom. The molecule has 1 aliphatic carbocycles. The van der Waals surface area contributed by atoms with E-state index in [0.717, 1.165) is 6.42 Å². The van der Waals surface area contributed by atoms with Crippen molar-refractivity contribution in [1.29, 1.82) is 0 Å². The fourth-order valence-corrected chi connectivity index (χ4v) is 6.47. The molecule has 3 aliphatic heterocycles. The lowest BCUT2D eigenvalue weighted by Crippen LogP contribution is -2.68. The maximum absolute atomic E-state index is 11.3. The van der Waals surface area contributed by atoms with Crippen LogP contribution in [0.25, 0.3) is 0 Å².